The number of aliphatic carboxylic acids is 1. The molecule has 0 aromatic heterocycles. The average Bonchev–Trinajstić information content (AvgIpc) is 2.51. The predicted octanol–water partition coefficient (Wildman–Crippen LogP) is 4.59. The van der Waals surface area contributed by atoms with Crippen LogP contribution in [-0.2, 0) is 16.0 Å². The van der Waals surface area contributed by atoms with E-state index in [2.05, 4.69) is 13.0 Å². The standard InChI is InChI=1S/C20H29NO4/c1-6-16-14(11-18(22)23)8-7-13-9-10-15(12-17(13)16)21(5)19(24)25-20(2,3)4/h9-10,12,14,16H,6-8,11H2,1-5H3,(H,22,23). The summed E-state index contributed by atoms with van der Waals surface area (Å²) in [6, 6.07) is 6.03. The molecule has 2 unspecified atom stereocenters. The van der Waals surface area contributed by atoms with Gasteiger partial charge < -0.3 is 9.84 Å². The summed E-state index contributed by atoms with van der Waals surface area (Å²) in [5.41, 5.74) is 2.67. The second-order valence-electron chi connectivity index (χ2n) is 7.83. The third-order valence-electron chi connectivity index (χ3n) is 4.81. The van der Waals surface area contributed by atoms with Crippen LogP contribution in [0.25, 0.3) is 0 Å². The fraction of sp³-hybridized carbons (Fsp3) is 0.600. The zero-order valence-electron chi connectivity index (χ0n) is 15.8. The molecule has 0 spiro atoms. The van der Waals surface area contributed by atoms with Crippen molar-refractivity contribution in [3.8, 4) is 0 Å². The van der Waals surface area contributed by atoms with Gasteiger partial charge in [-0.05, 0) is 75.1 Å². The average molecular weight is 347 g/mol. The molecule has 0 bridgehead atoms. The maximum absolute atomic E-state index is 12.3. The van der Waals surface area contributed by atoms with Crippen molar-refractivity contribution < 1.29 is 19.4 Å². The van der Waals surface area contributed by atoms with Gasteiger partial charge in [-0.2, -0.15) is 0 Å². The third-order valence-corrected chi connectivity index (χ3v) is 4.81. The fourth-order valence-electron chi connectivity index (χ4n) is 3.62. The van der Waals surface area contributed by atoms with Crippen molar-refractivity contribution in [3.05, 3.63) is 29.3 Å². The van der Waals surface area contributed by atoms with Gasteiger partial charge in [0.05, 0.1) is 0 Å². The minimum atomic E-state index is -0.742. The largest absolute Gasteiger partial charge is 0.481 e. The van der Waals surface area contributed by atoms with E-state index in [-0.39, 0.29) is 18.3 Å². The monoisotopic (exact) mass is 347 g/mol. The highest BCUT2D eigenvalue weighted by molar-refractivity contribution is 5.87. The van der Waals surface area contributed by atoms with Gasteiger partial charge in [0.25, 0.3) is 0 Å². The molecule has 0 aliphatic heterocycles. The van der Waals surface area contributed by atoms with Gasteiger partial charge in [-0.3, -0.25) is 9.69 Å². The minimum absolute atomic E-state index is 0.150. The van der Waals surface area contributed by atoms with Crippen molar-refractivity contribution in [1.29, 1.82) is 0 Å². The van der Waals surface area contributed by atoms with Crippen LogP contribution in [-0.4, -0.2) is 29.8 Å². The summed E-state index contributed by atoms with van der Waals surface area (Å²) in [5.74, 6) is -0.377. The van der Waals surface area contributed by atoms with Gasteiger partial charge in [-0.15, -0.1) is 0 Å². The number of ether oxygens (including phenoxy) is 1. The maximum atomic E-state index is 12.3. The smallest absolute Gasteiger partial charge is 0.414 e. The van der Waals surface area contributed by atoms with Gasteiger partial charge in [0, 0.05) is 19.2 Å². The molecule has 5 heteroatoms. The lowest BCUT2D eigenvalue weighted by Gasteiger charge is -2.33. The van der Waals surface area contributed by atoms with E-state index in [9.17, 15) is 14.7 Å². The second-order valence-corrected chi connectivity index (χ2v) is 7.83. The molecule has 1 aliphatic rings. The highest BCUT2D eigenvalue weighted by Gasteiger charge is 2.31. The number of hydrogen-bond acceptors (Lipinski definition) is 3. The van der Waals surface area contributed by atoms with E-state index in [1.165, 1.54) is 16.0 Å². The number of fused-ring (bicyclic) bond motifs is 1. The van der Waals surface area contributed by atoms with Gasteiger partial charge in [0.15, 0.2) is 0 Å². The minimum Gasteiger partial charge on any atom is -0.481 e. The molecule has 2 rings (SSSR count). The summed E-state index contributed by atoms with van der Waals surface area (Å²) in [4.78, 5) is 25.0. The first-order valence-corrected chi connectivity index (χ1v) is 8.93. The molecule has 1 amide bonds. The Kier molecular flexibility index (Phi) is 5.76. The van der Waals surface area contributed by atoms with E-state index in [0.717, 1.165) is 24.9 Å². The Morgan fingerprint density at radius 1 is 1.32 bits per heavy atom. The number of carboxylic acids is 1. The molecule has 0 fully saturated rings. The van der Waals surface area contributed by atoms with Crippen LogP contribution in [0.15, 0.2) is 18.2 Å². The van der Waals surface area contributed by atoms with Crippen molar-refractivity contribution in [2.24, 2.45) is 5.92 Å². The van der Waals surface area contributed by atoms with E-state index in [4.69, 9.17) is 4.74 Å². The number of carbonyl (C=O) groups is 2. The molecule has 1 aliphatic carbocycles. The molecule has 1 N–H and O–H groups in total. The lowest BCUT2D eigenvalue weighted by Crippen LogP contribution is -2.34. The van der Waals surface area contributed by atoms with Crippen molar-refractivity contribution in [2.45, 2.75) is 64.9 Å². The lowest BCUT2D eigenvalue weighted by molar-refractivity contribution is -0.138. The van der Waals surface area contributed by atoms with Gasteiger partial charge in [0.1, 0.15) is 5.60 Å². The van der Waals surface area contributed by atoms with Crippen LogP contribution in [0.4, 0.5) is 10.5 Å². The number of amides is 1. The van der Waals surface area contributed by atoms with Crippen molar-refractivity contribution in [3.63, 3.8) is 0 Å². The third kappa shape index (κ3) is 4.74. The Morgan fingerprint density at radius 2 is 2.00 bits per heavy atom. The van der Waals surface area contributed by atoms with Crippen LogP contribution in [0.3, 0.4) is 0 Å². The first-order valence-electron chi connectivity index (χ1n) is 8.93. The van der Waals surface area contributed by atoms with E-state index >= 15 is 0 Å². The van der Waals surface area contributed by atoms with Crippen LogP contribution in [0.1, 0.15) is 64.0 Å². The summed E-state index contributed by atoms with van der Waals surface area (Å²) < 4.78 is 5.43. The highest BCUT2D eigenvalue weighted by atomic mass is 16.6. The molecule has 1 aromatic rings. The Balaban J connectivity index is 2.28. The fourth-order valence-corrected chi connectivity index (χ4v) is 3.62. The molecular formula is C20H29NO4. The zero-order valence-corrected chi connectivity index (χ0v) is 15.8. The van der Waals surface area contributed by atoms with Gasteiger partial charge in [-0.1, -0.05) is 13.0 Å². The molecule has 25 heavy (non-hydrogen) atoms. The molecule has 0 saturated heterocycles. The summed E-state index contributed by atoms with van der Waals surface area (Å²) in [7, 11) is 1.70. The summed E-state index contributed by atoms with van der Waals surface area (Å²) in [6.45, 7) is 7.62. The highest BCUT2D eigenvalue weighted by Crippen LogP contribution is 2.41. The molecule has 0 saturated carbocycles. The lowest BCUT2D eigenvalue weighted by atomic mass is 9.72. The van der Waals surface area contributed by atoms with Crippen LogP contribution in [0.5, 0.6) is 0 Å². The predicted molar refractivity (Wildman–Crippen MR) is 98.2 cm³/mol. The first kappa shape index (κ1) is 19.3. The first-order chi connectivity index (χ1) is 11.6. The van der Waals surface area contributed by atoms with Crippen LogP contribution >= 0.6 is 0 Å². The number of nitrogens with zero attached hydrogens (tertiary/aromatic N) is 1. The Labute approximate surface area is 150 Å². The number of carboxylic acid groups (broad SMARTS) is 1. The Bertz CT molecular complexity index is 648. The number of benzene rings is 1. The quantitative estimate of drug-likeness (QED) is 0.865. The number of anilines is 1. The Morgan fingerprint density at radius 3 is 2.56 bits per heavy atom. The maximum Gasteiger partial charge on any atom is 0.414 e. The van der Waals surface area contributed by atoms with E-state index in [1.807, 2.05) is 32.9 Å². The summed E-state index contributed by atoms with van der Waals surface area (Å²) in [6.07, 6.45) is 2.49. The van der Waals surface area contributed by atoms with E-state index in [1.54, 1.807) is 7.05 Å². The van der Waals surface area contributed by atoms with Crippen molar-refractivity contribution in [1.82, 2.24) is 0 Å². The molecule has 138 valence electrons. The SMILES string of the molecule is CCC1c2cc(N(C)C(=O)OC(C)(C)C)ccc2CCC1CC(=O)O. The number of rotatable bonds is 4. The Hall–Kier alpha value is -2.04. The molecule has 5 nitrogen and oxygen atoms in total. The number of hydrogen-bond donors (Lipinski definition) is 1. The van der Waals surface area contributed by atoms with Crippen LogP contribution < -0.4 is 4.90 Å². The molecule has 1 aromatic carbocycles. The molecule has 0 radical (unpaired) electrons. The number of aryl methyl sites for hydroxylation is 1. The topological polar surface area (TPSA) is 66.8 Å². The molecule has 2 atom stereocenters. The zero-order chi connectivity index (χ0) is 18.8. The molecular weight excluding hydrogens is 318 g/mol. The second kappa shape index (κ2) is 7.46. The van der Waals surface area contributed by atoms with Gasteiger partial charge >= 0.3 is 12.1 Å². The van der Waals surface area contributed by atoms with Crippen LogP contribution in [0, 0.1) is 5.92 Å². The van der Waals surface area contributed by atoms with Crippen molar-refractivity contribution in [2.75, 3.05) is 11.9 Å². The van der Waals surface area contributed by atoms with Gasteiger partial charge in [-0.25, -0.2) is 4.79 Å². The van der Waals surface area contributed by atoms with E-state index in [0.29, 0.717) is 0 Å². The van der Waals surface area contributed by atoms with Crippen LogP contribution in [0.2, 0.25) is 0 Å². The van der Waals surface area contributed by atoms with Crippen molar-refractivity contribution >= 4 is 17.7 Å². The summed E-state index contributed by atoms with van der Waals surface area (Å²) >= 11 is 0. The number of carbonyl (C=O) groups excluding carboxylic acids is 1. The summed E-state index contributed by atoms with van der Waals surface area (Å²) in [5, 5.41) is 9.18. The normalized spacial score (nSPS) is 19.9. The van der Waals surface area contributed by atoms with E-state index < -0.39 is 17.7 Å². The van der Waals surface area contributed by atoms with Gasteiger partial charge in [0.2, 0.25) is 0 Å². The molecule has 0 heterocycles.